The molecule has 3 aromatic rings. The Bertz CT molecular complexity index is 986. The SMILES string of the molecule is C#CCOc1c(C=C(C#N)c2nc3ccccc3[nH]2)cccc1OC. The summed E-state index contributed by atoms with van der Waals surface area (Å²) < 4.78 is 10.9. The van der Waals surface area contributed by atoms with Gasteiger partial charge in [0.15, 0.2) is 11.5 Å². The number of para-hydroxylation sites is 3. The Morgan fingerprint density at radius 2 is 2.12 bits per heavy atom. The van der Waals surface area contributed by atoms with Gasteiger partial charge in [-0.15, -0.1) is 6.42 Å². The van der Waals surface area contributed by atoms with E-state index in [0.717, 1.165) is 11.0 Å². The molecular formula is C20H15N3O2. The molecule has 5 heteroatoms. The van der Waals surface area contributed by atoms with Crippen LogP contribution in [-0.2, 0) is 0 Å². The lowest BCUT2D eigenvalue weighted by molar-refractivity contribution is 0.330. The van der Waals surface area contributed by atoms with Crippen LogP contribution in [-0.4, -0.2) is 23.7 Å². The molecule has 3 rings (SSSR count). The van der Waals surface area contributed by atoms with Crippen molar-refractivity contribution in [3.63, 3.8) is 0 Å². The lowest BCUT2D eigenvalue weighted by Gasteiger charge is -2.11. The summed E-state index contributed by atoms with van der Waals surface area (Å²) in [4.78, 5) is 7.62. The van der Waals surface area contributed by atoms with Crippen molar-refractivity contribution < 1.29 is 9.47 Å². The molecule has 0 aliphatic heterocycles. The van der Waals surface area contributed by atoms with Crippen molar-refractivity contribution in [1.82, 2.24) is 9.97 Å². The van der Waals surface area contributed by atoms with E-state index < -0.39 is 0 Å². The number of nitriles is 1. The minimum atomic E-state index is 0.105. The van der Waals surface area contributed by atoms with Crippen LogP contribution in [0.2, 0.25) is 0 Å². The van der Waals surface area contributed by atoms with Crippen LogP contribution >= 0.6 is 0 Å². The molecule has 0 atom stereocenters. The van der Waals surface area contributed by atoms with Crippen molar-refractivity contribution in [2.24, 2.45) is 0 Å². The van der Waals surface area contributed by atoms with Crippen LogP contribution < -0.4 is 9.47 Å². The number of rotatable bonds is 5. The summed E-state index contributed by atoms with van der Waals surface area (Å²) in [6.07, 6.45) is 6.98. The number of ether oxygens (including phenoxy) is 2. The van der Waals surface area contributed by atoms with Gasteiger partial charge in [0.2, 0.25) is 0 Å². The number of nitrogens with one attached hydrogen (secondary N) is 1. The first-order valence-corrected chi connectivity index (χ1v) is 7.57. The molecule has 0 bridgehead atoms. The number of terminal acetylenes is 1. The molecule has 0 aliphatic rings. The molecule has 122 valence electrons. The number of H-pyrrole nitrogens is 1. The third-order valence-corrected chi connectivity index (χ3v) is 3.59. The molecule has 25 heavy (non-hydrogen) atoms. The van der Waals surface area contributed by atoms with Gasteiger partial charge >= 0.3 is 0 Å². The van der Waals surface area contributed by atoms with Crippen LogP contribution in [0.3, 0.4) is 0 Å². The number of benzene rings is 2. The number of hydrogen-bond acceptors (Lipinski definition) is 4. The molecule has 0 saturated carbocycles. The average Bonchev–Trinajstić information content (AvgIpc) is 3.08. The Labute approximate surface area is 145 Å². The molecular weight excluding hydrogens is 314 g/mol. The zero-order valence-electron chi connectivity index (χ0n) is 13.6. The highest BCUT2D eigenvalue weighted by Gasteiger charge is 2.12. The van der Waals surface area contributed by atoms with E-state index in [4.69, 9.17) is 15.9 Å². The topological polar surface area (TPSA) is 70.9 Å². The molecule has 0 spiro atoms. The standard InChI is InChI=1S/C20H15N3O2/c1-3-11-25-19-14(7-6-10-18(19)24-2)12-15(13-21)20-22-16-8-4-5-9-17(16)23-20/h1,4-10,12H,11H2,2H3,(H,22,23). The van der Waals surface area contributed by atoms with Gasteiger partial charge in [-0.1, -0.05) is 30.2 Å². The maximum absolute atomic E-state index is 9.58. The minimum absolute atomic E-state index is 0.105. The third kappa shape index (κ3) is 3.31. The zero-order chi connectivity index (χ0) is 17.6. The predicted molar refractivity (Wildman–Crippen MR) is 96.9 cm³/mol. The Hall–Kier alpha value is -3.70. The van der Waals surface area contributed by atoms with Crippen molar-refractivity contribution in [2.45, 2.75) is 0 Å². The van der Waals surface area contributed by atoms with E-state index in [2.05, 4.69) is 22.0 Å². The molecule has 2 aromatic carbocycles. The van der Waals surface area contributed by atoms with Gasteiger partial charge < -0.3 is 14.5 Å². The number of nitrogens with zero attached hydrogens (tertiary/aromatic N) is 2. The maximum Gasteiger partial charge on any atom is 0.169 e. The zero-order valence-corrected chi connectivity index (χ0v) is 13.6. The predicted octanol–water partition coefficient (Wildman–Crippen LogP) is 3.65. The summed E-state index contributed by atoms with van der Waals surface area (Å²) in [6, 6.07) is 15.2. The van der Waals surface area contributed by atoms with Gasteiger partial charge in [0.05, 0.1) is 23.7 Å². The Morgan fingerprint density at radius 1 is 1.28 bits per heavy atom. The van der Waals surface area contributed by atoms with Crippen molar-refractivity contribution in [3.05, 3.63) is 53.9 Å². The van der Waals surface area contributed by atoms with Gasteiger partial charge in [-0.25, -0.2) is 4.98 Å². The highest BCUT2D eigenvalue weighted by Crippen LogP contribution is 2.33. The van der Waals surface area contributed by atoms with Crippen LogP contribution in [0, 0.1) is 23.7 Å². The largest absolute Gasteiger partial charge is 0.493 e. The van der Waals surface area contributed by atoms with Crippen LogP contribution in [0.1, 0.15) is 11.4 Å². The summed E-state index contributed by atoms with van der Waals surface area (Å²) >= 11 is 0. The van der Waals surface area contributed by atoms with Gasteiger partial charge in [-0.3, -0.25) is 0 Å². The van der Waals surface area contributed by atoms with Crippen LogP contribution in [0.25, 0.3) is 22.7 Å². The van der Waals surface area contributed by atoms with Crippen molar-refractivity contribution in [1.29, 1.82) is 5.26 Å². The number of imidazole rings is 1. The molecule has 0 aliphatic carbocycles. The number of allylic oxidation sites excluding steroid dienone is 1. The molecule has 0 radical (unpaired) electrons. The fraction of sp³-hybridized carbons (Fsp3) is 0.100. The van der Waals surface area contributed by atoms with E-state index in [1.165, 1.54) is 0 Å². The average molecular weight is 329 g/mol. The molecule has 1 heterocycles. The highest BCUT2D eigenvalue weighted by atomic mass is 16.5. The minimum Gasteiger partial charge on any atom is -0.493 e. The van der Waals surface area contributed by atoms with Crippen molar-refractivity contribution in [2.75, 3.05) is 13.7 Å². The lowest BCUT2D eigenvalue weighted by Crippen LogP contribution is -1.99. The quantitative estimate of drug-likeness (QED) is 0.573. The van der Waals surface area contributed by atoms with Gasteiger partial charge in [-0.05, 0) is 24.3 Å². The van der Waals surface area contributed by atoms with Crippen LogP contribution in [0.4, 0.5) is 0 Å². The maximum atomic E-state index is 9.58. The highest BCUT2D eigenvalue weighted by molar-refractivity contribution is 5.91. The number of fused-ring (bicyclic) bond motifs is 1. The third-order valence-electron chi connectivity index (χ3n) is 3.59. The van der Waals surface area contributed by atoms with Gasteiger partial charge in [0.1, 0.15) is 18.5 Å². The Kier molecular flexibility index (Phi) is 4.69. The summed E-state index contributed by atoms with van der Waals surface area (Å²) in [6.45, 7) is 0.105. The van der Waals surface area contributed by atoms with E-state index >= 15 is 0 Å². The molecule has 0 fully saturated rings. The molecule has 1 aromatic heterocycles. The fourth-order valence-electron chi connectivity index (χ4n) is 2.46. The van der Waals surface area contributed by atoms with Crippen molar-refractivity contribution >= 4 is 22.7 Å². The van der Waals surface area contributed by atoms with E-state index in [0.29, 0.717) is 28.5 Å². The van der Waals surface area contributed by atoms with E-state index in [-0.39, 0.29) is 6.61 Å². The van der Waals surface area contributed by atoms with E-state index in [1.54, 1.807) is 19.3 Å². The second kappa shape index (κ2) is 7.25. The number of methoxy groups -OCH3 is 1. The number of hydrogen-bond donors (Lipinski definition) is 1. The molecule has 1 N–H and O–H groups in total. The first-order valence-electron chi connectivity index (χ1n) is 7.57. The lowest BCUT2D eigenvalue weighted by atomic mass is 10.1. The fourth-order valence-corrected chi connectivity index (χ4v) is 2.46. The molecule has 5 nitrogen and oxygen atoms in total. The van der Waals surface area contributed by atoms with Gasteiger partial charge in [-0.2, -0.15) is 5.26 Å². The monoisotopic (exact) mass is 329 g/mol. The second-order valence-electron chi connectivity index (χ2n) is 5.14. The van der Waals surface area contributed by atoms with Gasteiger partial charge in [0.25, 0.3) is 0 Å². The molecule has 0 saturated heterocycles. The first kappa shape index (κ1) is 16.2. The van der Waals surface area contributed by atoms with Crippen molar-refractivity contribution in [3.8, 4) is 29.9 Å². The van der Waals surface area contributed by atoms with Crippen LogP contribution in [0.5, 0.6) is 11.5 Å². The smallest absolute Gasteiger partial charge is 0.169 e. The van der Waals surface area contributed by atoms with E-state index in [1.807, 2.05) is 36.4 Å². The summed E-state index contributed by atoms with van der Waals surface area (Å²) in [7, 11) is 1.55. The summed E-state index contributed by atoms with van der Waals surface area (Å²) in [5.41, 5.74) is 2.74. The second-order valence-corrected chi connectivity index (χ2v) is 5.14. The Balaban J connectivity index is 2.08. The van der Waals surface area contributed by atoms with E-state index in [9.17, 15) is 5.26 Å². The Morgan fingerprint density at radius 3 is 2.84 bits per heavy atom. The summed E-state index contributed by atoms with van der Waals surface area (Å²) in [5, 5.41) is 9.58. The van der Waals surface area contributed by atoms with Crippen LogP contribution in [0.15, 0.2) is 42.5 Å². The molecule has 0 unspecified atom stereocenters. The molecule has 0 amide bonds. The normalized spacial score (nSPS) is 10.9. The number of aromatic amines is 1. The first-order chi connectivity index (χ1) is 12.3. The summed E-state index contributed by atoms with van der Waals surface area (Å²) in [5.74, 6) is 3.96. The van der Waals surface area contributed by atoms with Gasteiger partial charge in [0, 0.05) is 5.56 Å². The number of aromatic nitrogens is 2.